The second kappa shape index (κ2) is 7.92. The van der Waals surface area contributed by atoms with Crippen LogP contribution in [0.5, 0.6) is 0 Å². The summed E-state index contributed by atoms with van der Waals surface area (Å²) in [5.74, 6) is 0.518. The SMILES string of the molecule is CCS(=O)(=O)CCCC(NC)c1ccc(SC)cc1. The predicted octanol–water partition coefficient (Wildman–Crippen LogP) is 2.88. The second-order valence-corrected chi connectivity index (χ2v) is 7.85. The van der Waals surface area contributed by atoms with Crippen LogP contribution in [0.15, 0.2) is 29.2 Å². The molecule has 19 heavy (non-hydrogen) atoms. The first kappa shape index (κ1) is 16.5. The lowest BCUT2D eigenvalue weighted by Gasteiger charge is -2.16. The summed E-state index contributed by atoms with van der Waals surface area (Å²) in [5.41, 5.74) is 1.22. The average molecular weight is 301 g/mol. The van der Waals surface area contributed by atoms with Gasteiger partial charge in [0.25, 0.3) is 0 Å². The summed E-state index contributed by atoms with van der Waals surface area (Å²) in [6.07, 6.45) is 3.60. The summed E-state index contributed by atoms with van der Waals surface area (Å²) in [6, 6.07) is 8.66. The molecule has 108 valence electrons. The van der Waals surface area contributed by atoms with Crippen molar-refractivity contribution in [3.8, 4) is 0 Å². The van der Waals surface area contributed by atoms with E-state index in [1.807, 2.05) is 7.05 Å². The van der Waals surface area contributed by atoms with E-state index >= 15 is 0 Å². The quantitative estimate of drug-likeness (QED) is 0.750. The lowest BCUT2D eigenvalue weighted by molar-refractivity contribution is 0.535. The van der Waals surface area contributed by atoms with Crippen LogP contribution in [0, 0.1) is 0 Å². The Hall–Kier alpha value is -0.520. The van der Waals surface area contributed by atoms with Crippen molar-refractivity contribution >= 4 is 21.6 Å². The third kappa shape index (κ3) is 5.55. The molecule has 0 aliphatic rings. The van der Waals surface area contributed by atoms with Crippen molar-refractivity contribution in [3.63, 3.8) is 0 Å². The van der Waals surface area contributed by atoms with Gasteiger partial charge in [-0.3, -0.25) is 0 Å². The Bertz CT molecular complexity index is 469. The maximum Gasteiger partial charge on any atom is 0.150 e. The van der Waals surface area contributed by atoms with Crippen molar-refractivity contribution in [2.24, 2.45) is 0 Å². The molecule has 1 aromatic rings. The predicted molar refractivity (Wildman–Crippen MR) is 83.6 cm³/mol. The van der Waals surface area contributed by atoms with Gasteiger partial charge in [0.05, 0.1) is 5.75 Å². The van der Waals surface area contributed by atoms with E-state index in [1.165, 1.54) is 10.5 Å². The molecule has 0 fully saturated rings. The lowest BCUT2D eigenvalue weighted by atomic mass is 10.0. The smallest absolute Gasteiger partial charge is 0.150 e. The van der Waals surface area contributed by atoms with Gasteiger partial charge in [0, 0.05) is 16.7 Å². The average Bonchev–Trinajstić information content (AvgIpc) is 2.44. The van der Waals surface area contributed by atoms with Crippen molar-refractivity contribution in [1.82, 2.24) is 5.32 Å². The zero-order valence-corrected chi connectivity index (χ0v) is 13.5. The molecule has 3 nitrogen and oxygen atoms in total. The van der Waals surface area contributed by atoms with Crippen LogP contribution >= 0.6 is 11.8 Å². The third-order valence-electron chi connectivity index (χ3n) is 3.25. The van der Waals surface area contributed by atoms with E-state index in [9.17, 15) is 8.42 Å². The van der Waals surface area contributed by atoms with Crippen molar-refractivity contribution < 1.29 is 8.42 Å². The summed E-state index contributed by atoms with van der Waals surface area (Å²) in [5, 5.41) is 3.26. The Labute approximate surface area is 121 Å². The highest BCUT2D eigenvalue weighted by molar-refractivity contribution is 7.98. The standard InChI is InChI=1S/C14H23NO2S2/c1-4-19(16,17)11-5-6-14(15-2)12-7-9-13(18-3)10-8-12/h7-10,14-15H,4-6,11H2,1-3H3. The highest BCUT2D eigenvalue weighted by Gasteiger charge is 2.12. The highest BCUT2D eigenvalue weighted by Crippen LogP contribution is 2.22. The molecule has 1 rings (SSSR count). The minimum atomic E-state index is -2.85. The Balaban J connectivity index is 2.57. The zero-order valence-electron chi connectivity index (χ0n) is 11.8. The van der Waals surface area contributed by atoms with Gasteiger partial charge in [-0.25, -0.2) is 8.42 Å². The van der Waals surface area contributed by atoms with E-state index in [1.54, 1.807) is 18.7 Å². The van der Waals surface area contributed by atoms with Crippen LogP contribution in [-0.2, 0) is 9.84 Å². The maximum absolute atomic E-state index is 11.5. The summed E-state index contributed by atoms with van der Waals surface area (Å²) in [4.78, 5) is 1.24. The number of benzene rings is 1. The van der Waals surface area contributed by atoms with Crippen molar-refractivity contribution in [3.05, 3.63) is 29.8 Å². The van der Waals surface area contributed by atoms with Gasteiger partial charge in [0.1, 0.15) is 9.84 Å². The summed E-state index contributed by atoms with van der Waals surface area (Å²) in [7, 11) is -0.929. The number of hydrogen-bond donors (Lipinski definition) is 1. The number of sulfone groups is 1. The largest absolute Gasteiger partial charge is 0.313 e. The summed E-state index contributed by atoms with van der Waals surface area (Å²) in [6.45, 7) is 1.70. The Kier molecular flexibility index (Phi) is 6.89. The molecule has 1 aromatic carbocycles. The van der Waals surface area contributed by atoms with Crippen molar-refractivity contribution in [1.29, 1.82) is 0 Å². The van der Waals surface area contributed by atoms with E-state index in [2.05, 4.69) is 35.8 Å². The van der Waals surface area contributed by atoms with Gasteiger partial charge in [-0.05, 0) is 43.8 Å². The van der Waals surface area contributed by atoms with Crippen LogP contribution in [0.25, 0.3) is 0 Å². The van der Waals surface area contributed by atoms with Crippen LogP contribution in [0.1, 0.15) is 31.4 Å². The first-order chi connectivity index (χ1) is 9.02. The molecule has 0 amide bonds. The second-order valence-electron chi connectivity index (χ2n) is 4.49. The number of hydrogen-bond acceptors (Lipinski definition) is 4. The minimum absolute atomic E-state index is 0.225. The third-order valence-corrected chi connectivity index (χ3v) is 5.79. The topological polar surface area (TPSA) is 46.2 Å². The van der Waals surface area contributed by atoms with Crippen LogP contribution in [0.2, 0.25) is 0 Å². The van der Waals surface area contributed by atoms with E-state index in [0.717, 1.165) is 6.42 Å². The molecular weight excluding hydrogens is 278 g/mol. The Morgan fingerprint density at radius 3 is 2.37 bits per heavy atom. The van der Waals surface area contributed by atoms with Gasteiger partial charge in [-0.2, -0.15) is 0 Å². The van der Waals surface area contributed by atoms with E-state index in [-0.39, 0.29) is 17.5 Å². The summed E-state index contributed by atoms with van der Waals surface area (Å²) >= 11 is 1.72. The molecule has 0 spiro atoms. The Morgan fingerprint density at radius 2 is 1.89 bits per heavy atom. The van der Waals surface area contributed by atoms with E-state index in [4.69, 9.17) is 0 Å². The normalized spacial score (nSPS) is 13.4. The maximum atomic E-state index is 11.5. The van der Waals surface area contributed by atoms with Gasteiger partial charge in [-0.15, -0.1) is 11.8 Å². The molecule has 1 unspecified atom stereocenters. The van der Waals surface area contributed by atoms with Gasteiger partial charge < -0.3 is 5.32 Å². The van der Waals surface area contributed by atoms with Crippen LogP contribution in [-0.4, -0.2) is 33.2 Å². The van der Waals surface area contributed by atoms with Crippen LogP contribution < -0.4 is 5.32 Å². The molecule has 0 saturated carbocycles. The molecule has 1 atom stereocenters. The highest BCUT2D eigenvalue weighted by atomic mass is 32.2. The van der Waals surface area contributed by atoms with Gasteiger partial charge in [0.15, 0.2) is 0 Å². The molecule has 0 heterocycles. The van der Waals surface area contributed by atoms with Gasteiger partial charge >= 0.3 is 0 Å². The monoisotopic (exact) mass is 301 g/mol. The molecule has 0 aliphatic heterocycles. The minimum Gasteiger partial charge on any atom is -0.313 e. The molecule has 0 radical (unpaired) electrons. The first-order valence-corrected chi connectivity index (χ1v) is 9.58. The lowest BCUT2D eigenvalue weighted by Crippen LogP contribution is -2.18. The molecule has 5 heteroatoms. The van der Waals surface area contributed by atoms with Crippen molar-refractivity contribution in [2.45, 2.75) is 30.7 Å². The zero-order chi connectivity index (χ0) is 14.3. The number of nitrogens with one attached hydrogen (secondary N) is 1. The molecule has 1 N–H and O–H groups in total. The van der Waals surface area contributed by atoms with Gasteiger partial charge in [0.2, 0.25) is 0 Å². The molecule has 0 aromatic heterocycles. The number of thioether (sulfide) groups is 1. The van der Waals surface area contributed by atoms with Crippen molar-refractivity contribution in [2.75, 3.05) is 24.8 Å². The van der Waals surface area contributed by atoms with E-state index < -0.39 is 9.84 Å². The molecular formula is C14H23NO2S2. The fourth-order valence-corrected chi connectivity index (χ4v) is 3.27. The number of rotatable bonds is 8. The van der Waals surface area contributed by atoms with Crippen LogP contribution in [0.4, 0.5) is 0 Å². The molecule has 0 saturated heterocycles. The molecule has 0 aliphatic carbocycles. The first-order valence-electron chi connectivity index (χ1n) is 6.54. The fraction of sp³-hybridized carbons (Fsp3) is 0.571. The van der Waals surface area contributed by atoms with Crippen LogP contribution in [0.3, 0.4) is 0 Å². The van der Waals surface area contributed by atoms with E-state index in [0.29, 0.717) is 6.42 Å². The Morgan fingerprint density at radius 1 is 1.26 bits per heavy atom. The van der Waals surface area contributed by atoms with Gasteiger partial charge in [-0.1, -0.05) is 19.1 Å². The summed E-state index contributed by atoms with van der Waals surface area (Å²) < 4.78 is 22.9. The fourth-order valence-electron chi connectivity index (χ4n) is 1.97. The molecule has 0 bridgehead atoms.